The molecule has 0 unspecified atom stereocenters. The Labute approximate surface area is 183 Å². The number of rotatable bonds is 10. The molecule has 1 amide bonds. The van der Waals surface area contributed by atoms with Crippen LogP contribution in [0.3, 0.4) is 0 Å². The van der Waals surface area contributed by atoms with Crippen LogP contribution in [0.5, 0.6) is 11.5 Å². The Morgan fingerprint density at radius 3 is 2.80 bits per heavy atom. The quantitative estimate of drug-likeness (QED) is 0.364. The van der Waals surface area contributed by atoms with Gasteiger partial charge in [-0.2, -0.15) is 0 Å². The molecule has 1 aromatic heterocycles. The third-order valence-corrected chi connectivity index (χ3v) is 5.24. The number of halogens is 1. The van der Waals surface area contributed by atoms with Crippen LogP contribution in [0, 0.1) is 0 Å². The SMILES string of the molecule is CCc1cc(Br)ccc1Nc1ncnc2cc(OCCCCCC(N)=O)c(O)cc12. The lowest BCUT2D eigenvalue weighted by atomic mass is 10.1. The molecular weight excluding hydrogens is 448 g/mol. The van der Waals surface area contributed by atoms with Gasteiger partial charge < -0.3 is 20.9 Å². The molecule has 0 spiro atoms. The first-order valence-corrected chi connectivity index (χ1v) is 10.7. The van der Waals surface area contributed by atoms with E-state index in [4.69, 9.17) is 10.5 Å². The molecule has 3 rings (SSSR count). The third kappa shape index (κ3) is 5.60. The highest BCUT2D eigenvalue weighted by Crippen LogP contribution is 2.34. The molecule has 0 fully saturated rings. The third-order valence-electron chi connectivity index (χ3n) is 4.74. The number of phenols is 1. The number of ether oxygens (including phenoxy) is 1. The van der Waals surface area contributed by atoms with Crippen molar-refractivity contribution in [3.63, 3.8) is 0 Å². The molecule has 3 aromatic rings. The van der Waals surface area contributed by atoms with Crippen LogP contribution in [0.2, 0.25) is 0 Å². The second kappa shape index (κ2) is 10.2. The fourth-order valence-electron chi connectivity index (χ4n) is 3.15. The fourth-order valence-corrected chi connectivity index (χ4v) is 3.56. The lowest BCUT2D eigenvalue weighted by Crippen LogP contribution is -2.09. The molecule has 0 aliphatic carbocycles. The van der Waals surface area contributed by atoms with Gasteiger partial charge >= 0.3 is 0 Å². The summed E-state index contributed by atoms with van der Waals surface area (Å²) in [6.45, 7) is 2.53. The zero-order chi connectivity index (χ0) is 21.5. The molecule has 0 bridgehead atoms. The highest BCUT2D eigenvalue weighted by Gasteiger charge is 2.12. The van der Waals surface area contributed by atoms with Crippen LogP contribution in [0.4, 0.5) is 11.5 Å². The zero-order valence-corrected chi connectivity index (χ0v) is 18.4. The van der Waals surface area contributed by atoms with E-state index in [0.29, 0.717) is 35.5 Å². The van der Waals surface area contributed by atoms with Gasteiger partial charge in [0.1, 0.15) is 12.1 Å². The van der Waals surface area contributed by atoms with E-state index >= 15 is 0 Å². The molecule has 7 nitrogen and oxygen atoms in total. The van der Waals surface area contributed by atoms with Gasteiger partial charge in [-0.15, -0.1) is 0 Å². The Balaban J connectivity index is 1.74. The van der Waals surface area contributed by atoms with Crippen molar-refractivity contribution in [3.8, 4) is 11.5 Å². The minimum atomic E-state index is -0.290. The van der Waals surface area contributed by atoms with Crippen molar-refractivity contribution in [1.82, 2.24) is 9.97 Å². The molecule has 30 heavy (non-hydrogen) atoms. The van der Waals surface area contributed by atoms with E-state index in [1.54, 1.807) is 12.1 Å². The maximum Gasteiger partial charge on any atom is 0.217 e. The van der Waals surface area contributed by atoms with Crippen molar-refractivity contribution in [1.29, 1.82) is 0 Å². The van der Waals surface area contributed by atoms with Crippen LogP contribution in [0.15, 0.2) is 41.1 Å². The zero-order valence-electron chi connectivity index (χ0n) is 16.8. The topological polar surface area (TPSA) is 110 Å². The predicted molar refractivity (Wildman–Crippen MR) is 121 cm³/mol. The molecule has 0 saturated heterocycles. The van der Waals surface area contributed by atoms with Gasteiger partial charge in [0.05, 0.1) is 12.1 Å². The molecule has 2 aromatic carbocycles. The van der Waals surface area contributed by atoms with Gasteiger partial charge in [0.15, 0.2) is 11.5 Å². The summed E-state index contributed by atoms with van der Waals surface area (Å²) in [5.74, 6) is 0.732. The van der Waals surface area contributed by atoms with Crippen molar-refractivity contribution in [2.24, 2.45) is 5.73 Å². The number of primary amides is 1. The number of benzene rings is 2. The molecule has 1 heterocycles. The first-order chi connectivity index (χ1) is 14.5. The Morgan fingerprint density at radius 2 is 2.03 bits per heavy atom. The summed E-state index contributed by atoms with van der Waals surface area (Å²) in [5, 5.41) is 14.5. The summed E-state index contributed by atoms with van der Waals surface area (Å²) < 4.78 is 6.73. The summed E-state index contributed by atoms with van der Waals surface area (Å²) in [6.07, 6.45) is 5.07. The van der Waals surface area contributed by atoms with E-state index in [0.717, 1.165) is 41.4 Å². The number of unbranched alkanes of at least 4 members (excludes halogenated alkanes) is 2. The van der Waals surface area contributed by atoms with Crippen LogP contribution in [0.25, 0.3) is 10.9 Å². The van der Waals surface area contributed by atoms with Crippen LogP contribution in [-0.2, 0) is 11.2 Å². The highest BCUT2D eigenvalue weighted by atomic mass is 79.9. The molecule has 0 aliphatic rings. The van der Waals surface area contributed by atoms with E-state index in [1.165, 1.54) is 6.33 Å². The molecule has 0 aliphatic heterocycles. The first kappa shape index (κ1) is 21.8. The highest BCUT2D eigenvalue weighted by molar-refractivity contribution is 9.10. The molecular formula is C22H25BrN4O3. The van der Waals surface area contributed by atoms with E-state index in [-0.39, 0.29) is 11.7 Å². The number of nitrogens with one attached hydrogen (secondary N) is 1. The number of aromatic hydroxyl groups is 1. The van der Waals surface area contributed by atoms with Crippen molar-refractivity contribution in [2.75, 3.05) is 11.9 Å². The maximum absolute atomic E-state index is 10.8. The van der Waals surface area contributed by atoms with Crippen LogP contribution in [0.1, 0.15) is 38.2 Å². The monoisotopic (exact) mass is 472 g/mol. The standard InChI is InChI=1S/C22H25BrN4O3/c1-2-14-10-15(23)7-8-17(14)27-22-16-11-19(28)20(12-18(16)25-13-26-22)30-9-5-3-4-6-21(24)29/h7-8,10-13,28H,2-6,9H2,1H3,(H2,24,29)(H,25,26,27). The average Bonchev–Trinajstić information content (AvgIpc) is 2.72. The predicted octanol–water partition coefficient (Wildman–Crippen LogP) is 4.83. The summed E-state index contributed by atoms with van der Waals surface area (Å²) >= 11 is 3.50. The number of anilines is 2. The van der Waals surface area contributed by atoms with Gasteiger partial charge in [-0.25, -0.2) is 9.97 Å². The minimum Gasteiger partial charge on any atom is -0.504 e. The van der Waals surface area contributed by atoms with Gasteiger partial charge in [0.25, 0.3) is 0 Å². The summed E-state index contributed by atoms with van der Waals surface area (Å²) in [4.78, 5) is 19.4. The summed E-state index contributed by atoms with van der Waals surface area (Å²) in [6, 6.07) is 9.36. The summed E-state index contributed by atoms with van der Waals surface area (Å²) in [5.41, 5.74) is 7.91. The van der Waals surface area contributed by atoms with Gasteiger partial charge in [-0.3, -0.25) is 4.79 Å². The number of carbonyl (C=O) groups is 1. The van der Waals surface area contributed by atoms with E-state index < -0.39 is 0 Å². The Bertz CT molecular complexity index is 1040. The van der Waals surface area contributed by atoms with Crippen LogP contribution in [-0.4, -0.2) is 27.6 Å². The minimum absolute atomic E-state index is 0.0315. The molecule has 0 saturated carbocycles. The Hall–Kier alpha value is -2.87. The number of aryl methyl sites for hydroxylation is 1. The lowest BCUT2D eigenvalue weighted by Gasteiger charge is -2.14. The molecule has 0 radical (unpaired) electrons. The van der Waals surface area contributed by atoms with E-state index in [9.17, 15) is 9.90 Å². The number of phenolic OH excluding ortho intramolecular Hbond substituents is 1. The van der Waals surface area contributed by atoms with Gasteiger partial charge in [-0.1, -0.05) is 22.9 Å². The molecule has 4 N–H and O–H groups in total. The molecule has 0 atom stereocenters. The van der Waals surface area contributed by atoms with Crippen molar-refractivity contribution in [3.05, 3.63) is 46.7 Å². The van der Waals surface area contributed by atoms with Gasteiger partial charge in [0.2, 0.25) is 5.91 Å². The smallest absolute Gasteiger partial charge is 0.217 e. The number of carbonyl (C=O) groups excluding carboxylic acids is 1. The second-order valence-corrected chi connectivity index (χ2v) is 7.88. The average molecular weight is 473 g/mol. The Kier molecular flexibility index (Phi) is 7.46. The van der Waals surface area contributed by atoms with Crippen molar-refractivity contribution < 1.29 is 14.6 Å². The van der Waals surface area contributed by atoms with Crippen molar-refractivity contribution in [2.45, 2.75) is 39.0 Å². The van der Waals surface area contributed by atoms with Gasteiger partial charge in [0, 0.05) is 28.0 Å². The normalized spacial score (nSPS) is 10.9. The largest absolute Gasteiger partial charge is 0.504 e. The number of amides is 1. The number of hydrogen-bond acceptors (Lipinski definition) is 6. The molecule has 8 heteroatoms. The van der Waals surface area contributed by atoms with Crippen LogP contribution >= 0.6 is 15.9 Å². The number of fused-ring (bicyclic) bond motifs is 1. The number of nitrogens with zero attached hydrogens (tertiary/aromatic N) is 2. The number of nitrogens with two attached hydrogens (primary N) is 1. The first-order valence-electron chi connectivity index (χ1n) is 9.92. The molecule has 158 valence electrons. The van der Waals surface area contributed by atoms with Crippen LogP contribution < -0.4 is 15.8 Å². The van der Waals surface area contributed by atoms with E-state index in [1.807, 2.05) is 12.1 Å². The number of aromatic nitrogens is 2. The Morgan fingerprint density at radius 1 is 1.20 bits per heavy atom. The van der Waals surface area contributed by atoms with Crippen molar-refractivity contribution >= 4 is 44.2 Å². The van der Waals surface area contributed by atoms with E-state index in [2.05, 4.69) is 44.2 Å². The maximum atomic E-state index is 10.8. The fraction of sp³-hybridized carbons (Fsp3) is 0.318. The number of hydrogen-bond donors (Lipinski definition) is 3. The summed E-state index contributed by atoms with van der Waals surface area (Å²) in [7, 11) is 0. The second-order valence-electron chi connectivity index (χ2n) is 6.96. The van der Waals surface area contributed by atoms with Gasteiger partial charge in [-0.05, 0) is 55.5 Å². The lowest BCUT2D eigenvalue weighted by molar-refractivity contribution is -0.118.